The number of sulfonamides is 2. The Morgan fingerprint density at radius 2 is 1.34 bits per heavy atom. The van der Waals surface area contributed by atoms with E-state index < -0.39 is 99.3 Å². The van der Waals surface area contributed by atoms with E-state index >= 15 is 0 Å². The number of nitrogens with one attached hydrogen (secondary N) is 2. The molecule has 286 valence electrons. The maximum Gasteiger partial charge on any atom is 0.329 e. The van der Waals surface area contributed by atoms with E-state index in [0.29, 0.717) is 5.56 Å². The van der Waals surface area contributed by atoms with Crippen molar-refractivity contribution in [1.82, 2.24) is 14.3 Å². The molecular formula is C34H41N5O12S2. The maximum atomic E-state index is 14.6. The third-order valence-corrected chi connectivity index (χ3v) is 11.0. The molecule has 0 aliphatic carbocycles. The van der Waals surface area contributed by atoms with Crippen LogP contribution in [0.3, 0.4) is 0 Å². The summed E-state index contributed by atoms with van der Waals surface area (Å²) in [6.07, 6.45) is -1.37. The first-order chi connectivity index (χ1) is 24.7. The van der Waals surface area contributed by atoms with Crippen molar-refractivity contribution in [3.8, 4) is 0 Å². The van der Waals surface area contributed by atoms with Gasteiger partial charge in [-0.05, 0) is 50.8 Å². The Morgan fingerprint density at radius 3 is 1.83 bits per heavy atom. The molecule has 1 fully saturated rings. The van der Waals surface area contributed by atoms with Crippen LogP contribution in [-0.4, -0.2) is 79.8 Å². The van der Waals surface area contributed by atoms with Gasteiger partial charge in [-0.2, -0.15) is 4.72 Å². The molecule has 0 bridgehead atoms. The second-order valence-corrected chi connectivity index (χ2v) is 17.1. The van der Waals surface area contributed by atoms with Gasteiger partial charge in [0.2, 0.25) is 26.0 Å². The number of likely N-dealkylation sites (tertiary alicyclic amines) is 1. The number of benzene rings is 3. The number of hydrogen-bond donors (Lipinski definition) is 2. The zero-order valence-electron chi connectivity index (χ0n) is 29.6. The molecule has 3 aromatic rings. The van der Waals surface area contributed by atoms with Crippen LogP contribution in [0.2, 0.25) is 0 Å². The molecule has 1 amide bonds. The van der Waals surface area contributed by atoms with Crippen LogP contribution in [-0.2, 0) is 45.7 Å². The smallest absolute Gasteiger partial charge is 0.329 e. The number of hydrogen-bond acceptors (Lipinski definition) is 12. The van der Waals surface area contributed by atoms with Gasteiger partial charge in [0.05, 0.1) is 28.6 Å². The highest BCUT2D eigenvalue weighted by atomic mass is 32.2. The fourth-order valence-corrected chi connectivity index (χ4v) is 8.57. The SMILES string of the molecule is CC(C)C[C@@H](C(=O)OC(C)(C)C)N1C[C@@H](OCc2ccccc2)[C@H](NS(=O)(=O)c2ccccc2[N+](=O)[O-])[C@@H](NS(=O)(=O)c2ccccc2[N+](=O)[O-])C1=O. The number of nitrogens with zero attached hydrogens (tertiary/aromatic N) is 3. The Hall–Kier alpha value is -4.82. The number of ether oxygens (including phenoxy) is 2. The average molecular weight is 776 g/mol. The van der Waals surface area contributed by atoms with Crippen molar-refractivity contribution >= 4 is 43.3 Å². The van der Waals surface area contributed by atoms with E-state index in [-0.39, 0.29) is 18.9 Å². The summed E-state index contributed by atoms with van der Waals surface area (Å²) in [7, 11) is -9.93. The highest BCUT2D eigenvalue weighted by Crippen LogP contribution is 2.30. The second kappa shape index (κ2) is 16.5. The predicted octanol–water partition coefficient (Wildman–Crippen LogP) is 3.68. The first kappa shape index (κ1) is 40.9. The maximum absolute atomic E-state index is 14.6. The lowest BCUT2D eigenvalue weighted by atomic mass is 9.93. The van der Waals surface area contributed by atoms with E-state index in [0.717, 1.165) is 29.2 Å². The summed E-state index contributed by atoms with van der Waals surface area (Å²) in [5, 5.41) is 23.7. The highest BCUT2D eigenvalue weighted by molar-refractivity contribution is 7.90. The Labute approximate surface area is 307 Å². The molecule has 4 rings (SSSR count). The van der Waals surface area contributed by atoms with Crippen molar-refractivity contribution in [2.45, 2.75) is 87.3 Å². The van der Waals surface area contributed by atoms with Gasteiger partial charge in [-0.25, -0.2) is 26.4 Å². The van der Waals surface area contributed by atoms with Crippen LogP contribution in [0.4, 0.5) is 11.4 Å². The standard InChI is InChI=1S/C34H41N5O12S2/c1-22(2)19-26(33(41)51-34(3,4)5)37-20-27(50-21-23-13-7-6-8-14-23)30(35-52(46,47)28-17-11-9-15-24(28)38(42)43)31(32(37)40)36-53(48,49)29-18-12-10-16-25(29)39(44)45/h6-18,22,26-27,30-31,35-36H,19-21H2,1-5H3/t26-,27+,30-,31+/m0/s1. The topological polar surface area (TPSA) is 234 Å². The Kier molecular flexibility index (Phi) is 12.7. The van der Waals surface area contributed by atoms with E-state index in [2.05, 4.69) is 9.44 Å². The number of rotatable bonds is 15. The molecule has 0 saturated carbocycles. The monoisotopic (exact) mass is 775 g/mol. The van der Waals surface area contributed by atoms with Gasteiger partial charge in [-0.15, -0.1) is 0 Å². The zero-order valence-corrected chi connectivity index (χ0v) is 31.2. The minimum absolute atomic E-state index is 0.0439. The fourth-order valence-electron chi connectivity index (χ4n) is 5.74. The largest absolute Gasteiger partial charge is 0.458 e. The van der Waals surface area contributed by atoms with Gasteiger partial charge in [0, 0.05) is 18.7 Å². The quantitative estimate of drug-likeness (QED) is 0.128. The van der Waals surface area contributed by atoms with Crippen LogP contribution in [0.1, 0.15) is 46.6 Å². The molecule has 3 aromatic carbocycles. The van der Waals surface area contributed by atoms with Crippen molar-refractivity contribution in [2.75, 3.05) is 6.54 Å². The van der Waals surface area contributed by atoms with E-state index in [1.165, 1.54) is 24.3 Å². The van der Waals surface area contributed by atoms with Crippen LogP contribution in [0.25, 0.3) is 0 Å². The lowest BCUT2D eigenvalue weighted by Gasteiger charge is -2.45. The lowest BCUT2D eigenvalue weighted by molar-refractivity contribution is -0.388. The molecule has 4 atom stereocenters. The molecule has 1 aliphatic rings. The fraction of sp³-hybridized carbons (Fsp3) is 0.412. The van der Waals surface area contributed by atoms with Crippen LogP contribution in [0, 0.1) is 26.1 Å². The number of esters is 1. The number of nitro groups is 2. The Bertz CT molecular complexity index is 2050. The molecular weight excluding hydrogens is 735 g/mol. The summed E-state index contributed by atoms with van der Waals surface area (Å²) >= 11 is 0. The molecule has 2 N–H and O–H groups in total. The van der Waals surface area contributed by atoms with Gasteiger partial charge in [0.15, 0.2) is 9.79 Å². The predicted molar refractivity (Wildman–Crippen MR) is 190 cm³/mol. The molecule has 1 saturated heterocycles. The minimum Gasteiger partial charge on any atom is -0.458 e. The summed E-state index contributed by atoms with van der Waals surface area (Å²) in [6.45, 7) is 7.80. The van der Waals surface area contributed by atoms with E-state index in [1.807, 2.05) is 0 Å². The van der Waals surface area contributed by atoms with Crippen molar-refractivity contribution < 1.29 is 45.7 Å². The number of carbonyl (C=O) groups is 2. The lowest BCUT2D eigenvalue weighted by Crippen LogP contribution is -2.71. The highest BCUT2D eigenvalue weighted by Gasteiger charge is 2.51. The third kappa shape index (κ3) is 10.2. The molecule has 1 aliphatic heterocycles. The van der Waals surface area contributed by atoms with Gasteiger partial charge in [0.1, 0.15) is 17.7 Å². The van der Waals surface area contributed by atoms with Gasteiger partial charge in [0.25, 0.3) is 11.4 Å². The molecule has 0 radical (unpaired) electrons. The first-order valence-electron chi connectivity index (χ1n) is 16.4. The van der Waals surface area contributed by atoms with Gasteiger partial charge in [-0.3, -0.25) is 25.0 Å². The number of para-hydroxylation sites is 2. The van der Waals surface area contributed by atoms with Crippen molar-refractivity contribution in [3.05, 3.63) is 105 Å². The summed E-state index contributed by atoms with van der Waals surface area (Å²) < 4.78 is 72.2. The van der Waals surface area contributed by atoms with Crippen LogP contribution in [0.15, 0.2) is 88.7 Å². The minimum atomic E-state index is -5.01. The Balaban J connectivity index is 1.92. The molecule has 17 nitrogen and oxygen atoms in total. The summed E-state index contributed by atoms with van der Waals surface area (Å²) in [4.78, 5) is 49.6. The van der Waals surface area contributed by atoms with Crippen molar-refractivity contribution in [1.29, 1.82) is 0 Å². The van der Waals surface area contributed by atoms with Crippen LogP contribution >= 0.6 is 0 Å². The molecule has 1 heterocycles. The van der Waals surface area contributed by atoms with Gasteiger partial charge in [-0.1, -0.05) is 68.4 Å². The summed E-state index contributed by atoms with van der Waals surface area (Å²) in [5.41, 5.74) is -2.02. The van der Waals surface area contributed by atoms with Crippen LogP contribution < -0.4 is 9.44 Å². The third-order valence-electron chi connectivity index (χ3n) is 8.02. The molecule has 19 heteroatoms. The second-order valence-electron chi connectivity index (χ2n) is 13.7. The summed E-state index contributed by atoms with van der Waals surface area (Å²) in [5.74, 6) is -2.11. The molecule has 0 unspecified atom stereocenters. The molecule has 53 heavy (non-hydrogen) atoms. The first-order valence-corrected chi connectivity index (χ1v) is 19.4. The van der Waals surface area contributed by atoms with E-state index in [4.69, 9.17) is 9.47 Å². The molecule has 0 spiro atoms. The van der Waals surface area contributed by atoms with Crippen LogP contribution in [0.5, 0.6) is 0 Å². The Morgan fingerprint density at radius 1 is 0.849 bits per heavy atom. The average Bonchev–Trinajstić information content (AvgIpc) is 3.08. The number of piperidine rings is 1. The number of nitro benzene ring substituents is 2. The van der Waals surface area contributed by atoms with E-state index in [1.54, 1.807) is 65.0 Å². The molecule has 0 aromatic heterocycles. The number of amides is 1. The normalized spacial score (nSPS) is 18.8. The van der Waals surface area contributed by atoms with E-state index in [9.17, 15) is 46.7 Å². The number of carbonyl (C=O) groups excluding carboxylic acids is 2. The van der Waals surface area contributed by atoms with Crippen molar-refractivity contribution in [2.24, 2.45) is 5.92 Å². The summed E-state index contributed by atoms with van der Waals surface area (Å²) in [6, 6.07) is 12.1. The van der Waals surface area contributed by atoms with Gasteiger partial charge < -0.3 is 14.4 Å². The zero-order chi connectivity index (χ0) is 39.3. The van der Waals surface area contributed by atoms with Crippen molar-refractivity contribution in [3.63, 3.8) is 0 Å². The van der Waals surface area contributed by atoms with Gasteiger partial charge >= 0.3 is 5.97 Å².